The van der Waals surface area contributed by atoms with E-state index in [4.69, 9.17) is 5.73 Å². The van der Waals surface area contributed by atoms with Gasteiger partial charge in [-0.25, -0.2) is 0 Å². The van der Waals surface area contributed by atoms with Gasteiger partial charge in [0.2, 0.25) is 5.91 Å². The van der Waals surface area contributed by atoms with Crippen LogP contribution in [0.3, 0.4) is 0 Å². The highest BCUT2D eigenvalue weighted by Crippen LogP contribution is 2.18. The molecule has 1 unspecified atom stereocenters. The molecule has 110 valence electrons. The van der Waals surface area contributed by atoms with Crippen LogP contribution >= 0.6 is 15.9 Å². The van der Waals surface area contributed by atoms with Crippen molar-refractivity contribution >= 4 is 21.8 Å². The van der Waals surface area contributed by atoms with E-state index in [0.717, 1.165) is 15.6 Å². The third-order valence-electron chi connectivity index (χ3n) is 3.34. The first-order chi connectivity index (χ1) is 10.1. The first-order valence-corrected chi connectivity index (χ1v) is 7.71. The molecule has 0 heterocycles. The molecule has 2 rings (SSSR count). The molecule has 2 aromatic carbocycles. The van der Waals surface area contributed by atoms with Gasteiger partial charge in [0, 0.05) is 4.47 Å². The van der Waals surface area contributed by atoms with Crippen molar-refractivity contribution in [2.24, 2.45) is 5.73 Å². The molecular weight excluding hydrogens is 328 g/mol. The minimum atomic E-state index is -0.540. The first kappa shape index (κ1) is 15.7. The Balaban J connectivity index is 1.94. The van der Waals surface area contributed by atoms with Crippen LogP contribution in [0.4, 0.5) is 0 Å². The average molecular weight is 347 g/mol. The molecule has 2 atom stereocenters. The van der Waals surface area contributed by atoms with Crippen LogP contribution in [0.2, 0.25) is 0 Å². The van der Waals surface area contributed by atoms with Gasteiger partial charge in [-0.1, -0.05) is 58.4 Å². The normalized spacial score (nSPS) is 13.5. The summed E-state index contributed by atoms with van der Waals surface area (Å²) in [4.78, 5) is 12.2. The van der Waals surface area contributed by atoms with Crippen LogP contribution in [0.1, 0.15) is 24.1 Å². The SMILES string of the molecule is CC(NC(=O)[C@H](N)Cc1ccccc1)c1cccc(Br)c1. The summed E-state index contributed by atoms with van der Waals surface area (Å²) in [5.74, 6) is -0.133. The third-order valence-corrected chi connectivity index (χ3v) is 3.84. The van der Waals surface area contributed by atoms with Gasteiger partial charge in [-0.2, -0.15) is 0 Å². The van der Waals surface area contributed by atoms with Gasteiger partial charge in [-0.05, 0) is 36.6 Å². The first-order valence-electron chi connectivity index (χ1n) is 6.91. The van der Waals surface area contributed by atoms with E-state index in [1.54, 1.807) is 0 Å². The lowest BCUT2D eigenvalue weighted by molar-refractivity contribution is -0.123. The van der Waals surface area contributed by atoms with Crippen LogP contribution in [0, 0.1) is 0 Å². The minimum Gasteiger partial charge on any atom is -0.348 e. The molecule has 0 radical (unpaired) electrons. The summed E-state index contributed by atoms with van der Waals surface area (Å²) in [6.07, 6.45) is 0.540. The van der Waals surface area contributed by atoms with Crippen LogP contribution in [-0.4, -0.2) is 11.9 Å². The summed E-state index contributed by atoms with van der Waals surface area (Å²) in [6.45, 7) is 1.95. The monoisotopic (exact) mass is 346 g/mol. The Bertz CT molecular complexity index is 601. The maximum Gasteiger partial charge on any atom is 0.237 e. The number of carbonyl (C=O) groups excluding carboxylic acids is 1. The van der Waals surface area contributed by atoms with E-state index < -0.39 is 6.04 Å². The third kappa shape index (κ3) is 4.69. The molecule has 0 fully saturated rings. The standard InChI is InChI=1S/C17H19BrN2O/c1-12(14-8-5-9-15(18)11-14)20-17(21)16(19)10-13-6-3-2-4-7-13/h2-9,11-12,16H,10,19H2,1H3,(H,20,21)/t12?,16-/m1/s1. The van der Waals surface area contributed by atoms with E-state index in [9.17, 15) is 4.79 Å². The zero-order valence-corrected chi connectivity index (χ0v) is 13.5. The molecule has 0 saturated heterocycles. The summed E-state index contributed by atoms with van der Waals surface area (Å²) in [5.41, 5.74) is 8.10. The molecule has 0 bridgehead atoms. The highest BCUT2D eigenvalue weighted by molar-refractivity contribution is 9.10. The molecule has 0 aliphatic heterocycles. The molecule has 0 spiro atoms. The van der Waals surface area contributed by atoms with Crippen LogP contribution in [0.5, 0.6) is 0 Å². The number of nitrogens with one attached hydrogen (secondary N) is 1. The molecule has 2 aromatic rings. The van der Waals surface area contributed by atoms with E-state index in [1.165, 1.54) is 0 Å². The van der Waals surface area contributed by atoms with Gasteiger partial charge in [0.1, 0.15) is 0 Å². The summed E-state index contributed by atoms with van der Waals surface area (Å²) in [6, 6.07) is 17.1. The van der Waals surface area contributed by atoms with Gasteiger partial charge in [-0.3, -0.25) is 4.79 Å². The van der Waals surface area contributed by atoms with Crippen molar-refractivity contribution in [1.82, 2.24) is 5.32 Å². The fourth-order valence-corrected chi connectivity index (χ4v) is 2.56. The lowest BCUT2D eigenvalue weighted by Crippen LogP contribution is -2.42. The van der Waals surface area contributed by atoms with Crippen LogP contribution < -0.4 is 11.1 Å². The lowest BCUT2D eigenvalue weighted by atomic mass is 10.0. The number of hydrogen-bond donors (Lipinski definition) is 2. The number of carbonyl (C=O) groups is 1. The quantitative estimate of drug-likeness (QED) is 0.873. The lowest BCUT2D eigenvalue weighted by Gasteiger charge is -2.18. The van der Waals surface area contributed by atoms with Crippen LogP contribution in [0.15, 0.2) is 59.1 Å². The highest BCUT2D eigenvalue weighted by atomic mass is 79.9. The van der Waals surface area contributed by atoms with Crippen molar-refractivity contribution in [2.45, 2.75) is 25.4 Å². The van der Waals surface area contributed by atoms with E-state index in [-0.39, 0.29) is 11.9 Å². The second kappa shape index (κ2) is 7.38. The Hall–Kier alpha value is -1.65. The van der Waals surface area contributed by atoms with Gasteiger partial charge in [0.15, 0.2) is 0 Å². The van der Waals surface area contributed by atoms with Crippen molar-refractivity contribution < 1.29 is 4.79 Å². The fourth-order valence-electron chi connectivity index (χ4n) is 2.14. The molecule has 0 saturated carbocycles. The maximum atomic E-state index is 12.2. The topological polar surface area (TPSA) is 55.1 Å². The molecular formula is C17H19BrN2O. The molecule has 0 aliphatic rings. The zero-order chi connectivity index (χ0) is 15.2. The van der Waals surface area contributed by atoms with Gasteiger partial charge < -0.3 is 11.1 Å². The second-order valence-electron chi connectivity index (χ2n) is 5.08. The largest absolute Gasteiger partial charge is 0.348 e. The van der Waals surface area contributed by atoms with Crippen LogP contribution in [-0.2, 0) is 11.2 Å². The predicted octanol–water partition coefficient (Wildman–Crippen LogP) is 3.20. The Kier molecular flexibility index (Phi) is 5.53. The van der Waals surface area contributed by atoms with Gasteiger partial charge >= 0.3 is 0 Å². The van der Waals surface area contributed by atoms with E-state index in [1.807, 2.05) is 61.5 Å². The molecule has 0 aromatic heterocycles. The van der Waals surface area contributed by atoms with Crippen molar-refractivity contribution in [3.05, 3.63) is 70.2 Å². The summed E-state index contributed by atoms with van der Waals surface area (Å²) in [7, 11) is 0. The number of benzene rings is 2. The summed E-state index contributed by atoms with van der Waals surface area (Å²) in [5, 5.41) is 2.96. The number of nitrogens with two attached hydrogens (primary N) is 1. The van der Waals surface area contributed by atoms with Crippen molar-refractivity contribution in [2.75, 3.05) is 0 Å². The number of rotatable bonds is 5. The smallest absolute Gasteiger partial charge is 0.237 e. The molecule has 3 N–H and O–H groups in total. The van der Waals surface area contributed by atoms with Crippen molar-refractivity contribution in [3.8, 4) is 0 Å². The zero-order valence-electron chi connectivity index (χ0n) is 11.9. The molecule has 0 aliphatic carbocycles. The van der Waals surface area contributed by atoms with E-state index >= 15 is 0 Å². The van der Waals surface area contributed by atoms with Gasteiger partial charge in [0.25, 0.3) is 0 Å². The van der Waals surface area contributed by atoms with E-state index in [0.29, 0.717) is 6.42 Å². The van der Waals surface area contributed by atoms with Crippen molar-refractivity contribution in [3.63, 3.8) is 0 Å². The van der Waals surface area contributed by atoms with E-state index in [2.05, 4.69) is 21.2 Å². The maximum absolute atomic E-state index is 12.2. The highest BCUT2D eigenvalue weighted by Gasteiger charge is 2.17. The fraction of sp³-hybridized carbons (Fsp3) is 0.235. The minimum absolute atomic E-state index is 0.0724. The molecule has 21 heavy (non-hydrogen) atoms. The Morgan fingerprint density at radius 1 is 1.19 bits per heavy atom. The number of halogens is 1. The Labute approximate surface area is 133 Å². The van der Waals surface area contributed by atoms with Gasteiger partial charge in [-0.15, -0.1) is 0 Å². The summed E-state index contributed by atoms with van der Waals surface area (Å²) < 4.78 is 0.995. The molecule has 1 amide bonds. The number of hydrogen-bond acceptors (Lipinski definition) is 2. The summed E-state index contributed by atoms with van der Waals surface area (Å²) >= 11 is 3.43. The van der Waals surface area contributed by atoms with Crippen LogP contribution in [0.25, 0.3) is 0 Å². The number of amides is 1. The molecule has 4 heteroatoms. The Morgan fingerprint density at radius 2 is 1.90 bits per heavy atom. The Morgan fingerprint density at radius 3 is 2.57 bits per heavy atom. The van der Waals surface area contributed by atoms with Gasteiger partial charge in [0.05, 0.1) is 12.1 Å². The predicted molar refractivity (Wildman–Crippen MR) is 88.8 cm³/mol. The second-order valence-corrected chi connectivity index (χ2v) is 6.00. The molecule has 3 nitrogen and oxygen atoms in total. The average Bonchev–Trinajstić information content (AvgIpc) is 2.48. The van der Waals surface area contributed by atoms with Crippen molar-refractivity contribution in [1.29, 1.82) is 0 Å².